The second kappa shape index (κ2) is 7.22. The van der Waals surface area contributed by atoms with Gasteiger partial charge in [0.05, 0.1) is 18.5 Å². The van der Waals surface area contributed by atoms with Gasteiger partial charge in [-0.15, -0.1) is 0 Å². The van der Waals surface area contributed by atoms with Crippen molar-refractivity contribution in [3.8, 4) is 0 Å². The second-order valence-corrected chi connectivity index (χ2v) is 4.08. The summed E-state index contributed by atoms with van der Waals surface area (Å²) in [6.45, 7) is 2.05. The first-order chi connectivity index (χ1) is 9.47. The minimum Gasteiger partial charge on any atom is -0.468 e. The van der Waals surface area contributed by atoms with Gasteiger partial charge in [0.15, 0.2) is 0 Å². The van der Waals surface area contributed by atoms with E-state index in [1.54, 1.807) is 6.92 Å². The second-order valence-electron chi connectivity index (χ2n) is 4.08. The molecule has 0 fully saturated rings. The van der Waals surface area contributed by atoms with E-state index in [9.17, 15) is 19.7 Å². The average Bonchev–Trinajstić information content (AvgIpc) is 2.44. The smallest absolute Gasteiger partial charge is 0.325 e. The molecule has 0 bridgehead atoms. The zero-order valence-corrected chi connectivity index (χ0v) is 11.4. The minimum atomic E-state index is -0.499. The first kappa shape index (κ1) is 15.6. The van der Waals surface area contributed by atoms with Crippen molar-refractivity contribution in [2.24, 2.45) is 0 Å². The Labute approximate surface area is 116 Å². The Balaban J connectivity index is 2.68. The summed E-state index contributed by atoms with van der Waals surface area (Å²) in [6.07, 6.45) is 0.0861. The molecule has 0 unspecified atom stereocenters. The summed E-state index contributed by atoms with van der Waals surface area (Å²) in [5.74, 6) is -0.712. The van der Waals surface area contributed by atoms with Gasteiger partial charge in [-0.3, -0.25) is 19.7 Å². The van der Waals surface area contributed by atoms with E-state index in [-0.39, 0.29) is 24.6 Å². The van der Waals surface area contributed by atoms with Crippen molar-refractivity contribution in [3.05, 3.63) is 39.9 Å². The lowest BCUT2D eigenvalue weighted by Crippen LogP contribution is -2.36. The van der Waals surface area contributed by atoms with Crippen LogP contribution in [0.1, 0.15) is 12.5 Å². The van der Waals surface area contributed by atoms with E-state index in [0.29, 0.717) is 12.1 Å². The van der Waals surface area contributed by atoms with Crippen LogP contribution in [0.15, 0.2) is 24.3 Å². The van der Waals surface area contributed by atoms with Crippen molar-refractivity contribution in [3.63, 3.8) is 0 Å². The number of nitro groups is 1. The van der Waals surface area contributed by atoms with Crippen LogP contribution in [0, 0.1) is 10.1 Å². The summed E-state index contributed by atoms with van der Waals surface area (Å²) in [5, 5.41) is 10.5. The Morgan fingerprint density at radius 2 is 1.90 bits per heavy atom. The number of carbonyl (C=O) groups is 2. The topological polar surface area (TPSA) is 89.8 Å². The molecule has 7 nitrogen and oxygen atoms in total. The molecule has 1 amide bonds. The molecule has 1 rings (SSSR count). The largest absolute Gasteiger partial charge is 0.468 e. The molecule has 0 saturated heterocycles. The zero-order valence-electron chi connectivity index (χ0n) is 11.4. The molecule has 7 heteroatoms. The Morgan fingerprint density at radius 1 is 1.30 bits per heavy atom. The number of non-ortho nitro benzene ring substituents is 1. The molecule has 0 heterocycles. The predicted octanol–water partition coefficient (Wildman–Crippen LogP) is 1.16. The van der Waals surface area contributed by atoms with Gasteiger partial charge < -0.3 is 9.64 Å². The SMILES string of the molecule is CCN(CC(=O)OC)C(=O)Cc1ccc([N+](=O)[O-])cc1. The van der Waals surface area contributed by atoms with Gasteiger partial charge in [-0.05, 0) is 12.5 Å². The predicted molar refractivity (Wildman–Crippen MR) is 71.1 cm³/mol. The van der Waals surface area contributed by atoms with Crippen molar-refractivity contribution in [2.75, 3.05) is 20.2 Å². The van der Waals surface area contributed by atoms with E-state index in [1.807, 2.05) is 0 Å². The van der Waals surface area contributed by atoms with Crippen LogP contribution in [0.25, 0.3) is 0 Å². The molecule has 0 aliphatic rings. The highest BCUT2D eigenvalue weighted by molar-refractivity contribution is 5.83. The number of nitro benzene ring substituents is 1. The van der Waals surface area contributed by atoms with Gasteiger partial charge in [0.25, 0.3) is 5.69 Å². The van der Waals surface area contributed by atoms with Crippen molar-refractivity contribution in [1.29, 1.82) is 0 Å². The number of likely N-dealkylation sites (N-methyl/N-ethyl adjacent to an activating group) is 1. The molecule has 0 saturated carbocycles. The molecule has 20 heavy (non-hydrogen) atoms. The fourth-order valence-electron chi connectivity index (χ4n) is 1.62. The van der Waals surface area contributed by atoms with E-state index in [0.717, 1.165) is 0 Å². The van der Waals surface area contributed by atoms with Crippen molar-refractivity contribution in [2.45, 2.75) is 13.3 Å². The number of hydrogen-bond acceptors (Lipinski definition) is 5. The van der Waals surface area contributed by atoms with Gasteiger partial charge in [0.2, 0.25) is 5.91 Å². The third-order valence-corrected chi connectivity index (χ3v) is 2.78. The Morgan fingerprint density at radius 3 is 2.35 bits per heavy atom. The van der Waals surface area contributed by atoms with Gasteiger partial charge in [0.1, 0.15) is 6.54 Å². The minimum absolute atomic E-state index is 0.0249. The number of hydrogen-bond donors (Lipinski definition) is 0. The third-order valence-electron chi connectivity index (χ3n) is 2.78. The number of ether oxygens (including phenoxy) is 1. The number of methoxy groups -OCH3 is 1. The number of carbonyl (C=O) groups excluding carboxylic acids is 2. The highest BCUT2D eigenvalue weighted by atomic mass is 16.6. The average molecular weight is 280 g/mol. The van der Waals surface area contributed by atoms with Gasteiger partial charge in [0, 0.05) is 18.7 Å². The van der Waals surface area contributed by atoms with Crippen LogP contribution < -0.4 is 0 Å². The Bertz CT molecular complexity index is 498. The van der Waals surface area contributed by atoms with Gasteiger partial charge in [-0.1, -0.05) is 12.1 Å². The quantitative estimate of drug-likeness (QED) is 0.443. The van der Waals surface area contributed by atoms with Crippen molar-refractivity contribution in [1.82, 2.24) is 4.90 Å². The third kappa shape index (κ3) is 4.34. The molecule has 0 spiro atoms. The molecular formula is C13H16N2O5. The van der Waals surface area contributed by atoms with Gasteiger partial charge >= 0.3 is 5.97 Å². The molecule has 0 aliphatic carbocycles. The molecule has 1 aromatic carbocycles. The van der Waals surface area contributed by atoms with Crippen LogP contribution in [0.4, 0.5) is 5.69 Å². The van der Waals surface area contributed by atoms with Crippen LogP contribution in [0.3, 0.4) is 0 Å². The summed E-state index contributed by atoms with van der Waals surface area (Å²) in [5.41, 5.74) is 0.632. The summed E-state index contributed by atoms with van der Waals surface area (Å²) in [4.78, 5) is 34.6. The van der Waals surface area contributed by atoms with E-state index in [1.165, 1.54) is 36.3 Å². The fourth-order valence-corrected chi connectivity index (χ4v) is 1.62. The van der Waals surface area contributed by atoms with Crippen LogP contribution in [-0.2, 0) is 20.7 Å². The summed E-state index contributed by atoms with van der Waals surface area (Å²) in [7, 11) is 1.26. The molecule has 0 aromatic heterocycles. The molecule has 0 N–H and O–H groups in total. The van der Waals surface area contributed by atoms with Gasteiger partial charge in [-0.25, -0.2) is 0 Å². The molecule has 0 radical (unpaired) electrons. The van der Waals surface area contributed by atoms with E-state index < -0.39 is 10.9 Å². The lowest BCUT2D eigenvalue weighted by molar-refractivity contribution is -0.384. The summed E-state index contributed by atoms with van der Waals surface area (Å²) >= 11 is 0. The lowest BCUT2D eigenvalue weighted by Gasteiger charge is -2.19. The van der Waals surface area contributed by atoms with Gasteiger partial charge in [-0.2, -0.15) is 0 Å². The summed E-state index contributed by atoms with van der Waals surface area (Å²) < 4.78 is 4.52. The van der Waals surface area contributed by atoms with Crippen LogP contribution in [0.5, 0.6) is 0 Å². The highest BCUT2D eigenvalue weighted by Gasteiger charge is 2.16. The van der Waals surface area contributed by atoms with Crippen LogP contribution >= 0.6 is 0 Å². The number of esters is 1. The first-order valence-electron chi connectivity index (χ1n) is 6.05. The molecule has 0 aliphatic heterocycles. The van der Waals surface area contributed by atoms with Crippen LogP contribution in [0.2, 0.25) is 0 Å². The number of benzene rings is 1. The maximum atomic E-state index is 12.0. The molecule has 0 atom stereocenters. The molecular weight excluding hydrogens is 264 g/mol. The number of rotatable bonds is 6. The van der Waals surface area contributed by atoms with Crippen molar-refractivity contribution < 1.29 is 19.2 Å². The molecule has 1 aromatic rings. The van der Waals surface area contributed by atoms with E-state index in [2.05, 4.69) is 4.74 Å². The van der Waals surface area contributed by atoms with Crippen LogP contribution in [-0.4, -0.2) is 41.9 Å². The normalized spacial score (nSPS) is 9.90. The summed E-state index contributed by atoms with van der Waals surface area (Å²) in [6, 6.07) is 5.75. The standard InChI is InChI=1S/C13H16N2O5/c1-3-14(9-13(17)20-2)12(16)8-10-4-6-11(7-5-10)15(18)19/h4-7H,3,8-9H2,1-2H3. The Kier molecular flexibility index (Phi) is 5.64. The first-order valence-corrected chi connectivity index (χ1v) is 6.05. The maximum Gasteiger partial charge on any atom is 0.325 e. The van der Waals surface area contributed by atoms with E-state index in [4.69, 9.17) is 0 Å². The lowest BCUT2D eigenvalue weighted by atomic mass is 10.1. The Hall–Kier alpha value is -2.44. The van der Waals surface area contributed by atoms with Crippen molar-refractivity contribution >= 4 is 17.6 Å². The zero-order chi connectivity index (χ0) is 15.1. The number of nitrogens with zero attached hydrogens (tertiary/aromatic N) is 2. The fraction of sp³-hybridized carbons (Fsp3) is 0.385. The number of amides is 1. The molecule has 108 valence electrons. The van der Waals surface area contributed by atoms with E-state index >= 15 is 0 Å². The highest BCUT2D eigenvalue weighted by Crippen LogP contribution is 2.13. The monoisotopic (exact) mass is 280 g/mol. The maximum absolute atomic E-state index is 12.0.